The van der Waals surface area contributed by atoms with E-state index < -0.39 is 5.91 Å². The quantitative estimate of drug-likeness (QED) is 0.646. The Hall–Kier alpha value is -1.38. The second-order valence-electron chi connectivity index (χ2n) is 2.23. The third-order valence-corrected chi connectivity index (χ3v) is 2.06. The van der Waals surface area contributed by atoms with Gasteiger partial charge >= 0.3 is 0 Å². The number of amides is 1. The second-order valence-corrected chi connectivity index (χ2v) is 3.35. The SMILES string of the molecule is NC(=O)CC#Cc1ncc(CO)s1. The van der Waals surface area contributed by atoms with Crippen LogP contribution < -0.4 is 5.73 Å². The van der Waals surface area contributed by atoms with Gasteiger partial charge < -0.3 is 10.8 Å². The van der Waals surface area contributed by atoms with Gasteiger partial charge in [0.2, 0.25) is 5.91 Å². The molecule has 0 radical (unpaired) electrons. The molecule has 0 aromatic carbocycles. The summed E-state index contributed by atoms with van der Waals surface area (Å²) in [7, 11) is 0. The minimum atomic E-state index is -0.452. The maximum atomic E-state index is 10.3. The first-order chi connectivity index (χ1) is 6.22. The molecule has 0 unspecified atom stereocenters. The van der Waals surface area contributed by atoms with E-state index in [0.29, 0.717) is 5.01 Å². The molecule has 5 heteroatoms. The van der Waals surface area contributed by atoms with Crippen molar-refractivity contribution in [1.29, 1.82) is 0 Å². The lowest BCUT2D eigenvalue weighted by Gasteiger charge is -1.80. The van der Waals surface area contributed by atoms with Crippen molar-refractivity contribution >= 4 is 17.2 Å². The van der Waals surface area contributed by atoms with Gasteiger partial charge in [-0.1, -0.05) is 5.92 Å². The lowest BCUT2D eigenvalue weighted by Crippen LogP contribution is -2.08. The number of carbonyl (C=O) groups excluding carboxylic acids is 1. The summed E-state index contributed by atoms with van der Waals surface area (Å²) >= 11 is 1.30. The molecule has 1 rings (SSSR count). The van der Waals surface area contributed by atoms with Gasteiger partial charge in [0, 0.05) is 6.20 Å². The van der Waals surface area contributed by atoms with E-state index in [1.807, 2.05) is 0 Å². The van der Waals surface area contributed by atoms with Crippen LogP contribution in [0.2, 0.25) is 0 Å². The summed E-state index contributed by atoms with van der Waals surface area (Å²) in [6.07, 6.45) is 1.59. The van der Waals surface area contributed by atoms with Crippen LogP contribution in [-0.2, 0) is 11.4 Å². The van der Waals surface area contributed by atoms with Crippen LogP contribution in [0.15, 0.2) is 6.20 Å². The Morgan fingerprint density at radius 1 is 1.77 bits per heavy atom. The summed E-state index contributed by atoms with van der Waals surface area (Å²) in [5.41, 5.74) is 4.89. The number of aliphatic hydroxyl groups excluding tert-OH is 1. The topological polar surface area (TPSA) is 76.2 Å². The highest BCUT2D eigenvalue weighted by atomic mass is 32.1. The van der Waals surface area contributed by atoms with Crippen LogP contribution in [0, 0.1) is 11.8 Å². The molecule has 0 atom stereocenters. The maximum absolute atomic E-state index is 10.3. The van der Waals surface area contributed by atoms with Crippen LogP contribution in [0.4, 0.5) is 0 Å². The molecule has 1 aromatic heterocycles. The summed E-state index contributed by atoms with van der Waals surface area (Å²) in [6.45, 7) is -0.0326. The van der Waals surface area contributed by atoms with Gasteiger partial charge in [-0.3, -0.25) is 4.79 Å². The smallest absolute Gasteiger partial charge is 0.229 e. The van der Waals surface area contributed by atoms with E-state index in [1.165, 1.54) is 11.3 Å². The van der Waals surface area contributed by atoms with Gasteiger partial charge in [-0.2, -0.15) is 0 Å². The normalized spacial score (nSPS) is 9.00. The molecule has 1 heterocycles. The predicted molar refractivity (Wildman–Crippen MR) is 48.7 cm³/mol. The molecule has 0 saturated carbocycles. The number of thiazole rings is 1. The van der Waals surface area contributed by atoms with Crippen molar-refractivity contribution in [3.63, 3.8) is 0 Å². The van der Waals surface area contributed by atoms with Crippen molar-refractivity contribution in [1.82, 2.24) is 4.98 Å². The summed E-state index contributed by atoms with van der Waals surface area (Å²) in [5, 5.41) is 9.30. The molecule has 0 aliphatic carbocycles. The summed E-state index contributed by atoms with van der Waals surface area (Å²) in [5.74, 6) is 4.80. The van der Waals surface area contributed by atoms with Gasteiger partial charge in [0.15, 0.2) is 5.01 Å². The molecule has 0 aliphatic rings. The Bertz CT molecular complexity index is 362. The monoisotopic (exact) mass is 196 g/mol. The van der Waals surface area contributed by atoms with Gasteiger partial charge in [0.25, 0.3) is 0 Å². The first kappa shape index (κ1) is 9.71. The predicted octanol–water partition coefficient (Wildman–Crippen LogP) is -0.138. The van der Waals surface area contributed by atoms with E-state index in [9.17, 15) is 4.79 Å². The van der Waals surface area contributed by atoms with E-state index in [2.05, 4.69) is 16.8 Å². The molecule has 0 aliphatic heterocycles. The van der Waals surface area contributed by atoms with E-state index in [0.717, 1.165) is 4.88 Å². The first-order valence-corrected chi connectivity index (χ1v) is 4.36. The molecule has 13 heavy (non-hydrogen) atoms. The zero-order chi connectivity index (χ0) is 9.68. The van der Waals surface area contributed by atoms with E-state index in [1.54, 1.807) is 6.20 Å². The number of rotatable bonds is 2. The second kappa shape index (κ2) is 4.60. The zero-order valence-corrected chi connectivity index (χ0v) is 7.60. The molecule has 3 N–H and O–H groups in total. The highest BCUT2D eigenvalue weighted by Crippen LogP contribution is 2.10. The molecule has 1 amide bonds. The molecule has 1 aromatic rings. The summed E-state index contributed by atoms with van der Waals surface area (Å²) in [6, 6.07) is 0. The number of aromatic nitrogens is 1. The molecule has 0 fully saturated rings. The summed E-state index contributed by atoms with van der Waals surface area (Å²) < 4.78 is 0. The highest BCUT2D eigenvalue weighted by molar-refractivity contribution is 7.12. The average molecular weight is 196 g/mol. The molecule has 4 nitrogen and oxygen atoms in total. The lowest BCUT2D eigenvalue weighted by atomic mass is 10.4. The number of primary amides is 1. The van der Waals surface area contributed by atoms with Gasteiger partial charge in [0.1, 0.15) is 0 Å². The van der Waals surface area contributed by atoms with Crippen molar-refractivity contribution in [2.75, 3.05) is 0 Å². The number of hydrogen-bond acceptors (Lipinski definition) is 4. The molecule has 0 saturated heterocycles. The third kappa shape index (κ3) is 3.23. The highest BCUT2D eigenvalue weighted by Gasteiger charge is 1.96. The molecular weight excluding hydrogens is 188 g/mol. The van der Waals surface area contributed by atoms with E-state index >= 15 is 0 Å². The van der Waals surface area contributed by atoms with Crippen molar-refractivity contribution in [2.24, 2.45) is 5.73 Å². The van der Waals surface area contributed by atoms with E-state index in [4.69, 9.17) is 10.8 Å². The minimum absolute atomic E-state index is 0.0326. The largest absolute Gasteiger partial charge is 0.391 e. The third-order valence-electron chi connectivity index (χ3n) is 1.17. The fourth-order valence-electron chi connectivity index (χ4n) is 0.645. The Kier molecular flexibility index (Phi) is 3.43. The fourth-order valence-corrected chi connectivity index (χ4v) is 1.29. The number of nitrogens with zero attached hydrogens (tertiary/aromatic N) is 1. The van der Waals surface area contributed by atoms with E-state index in [-0.39, 0.29) is 13.0 Å². The Morgan fingerprint density at radius 2 is 2.54 bits per heavy atom. The average Bonchev–Trinajstić information content (AvgIpc) is 2.52. The number of aliphatic hydroxyl groups is 1. The maximum Gasteiger partial charge on any atom is 0.229 e. The fraction of sp³-hybridized carbons (Fsp3) is 0.250. The van der Waals surface area contributed by atoms with Gasteiger partial charge in [0.05, 0.1) is 17.9 Å². The number of nitrogens with two attached hydrogens (primary N) is 1. The van der Waals surface area contributed by atoms with Crippen LogP contribution >= 0.6 is 11.3 Å². The van der Waals surface area contributed by atoms with Gasteiger partial charge in [-0.05, 0) is 5.92 Å². The lowest BCUT2D eigenvalue weighted by molar-refractivity contribution is -0.117. The Balaban J connectivity index is 2.61. The van der Waals surface area contributed by atoms with Crippen LogP contribution in [0.1, 0.15) is 16.3 Å². The van der Waals surface area contributed by atoms with Crippen LogP contribution in [0.3, 0.4) is 0 Å². The van der Waals surface area contributed by atoms with Crippen LogP contribution in [-0.4, -0.2) is 16.0 Å². The first-order valence-electron chi connectivity index (χ1n) is 3.55. The van der Waals surface area contributed by atoms with Crippen molar-refractivity contribution < 1.29 is 9.90 Å². The minimum Gasteiger partial charge on any atom is -0.391 e. The number of carbonyl (C=O) groups is 1. The molecular formula is C8H8N2O2S. The molecule has 68 valence electrons. The Labute approximate surface area is 79.4 Å². The molecule has 0 spiro atoms. The van der Waals surface area contributed by atoms with Gasteiger partial charge in [-0.15, -0.1) is 11.3 Å². The zero-order valence-electron chi connectivity index (χ0n) is 6.78. The van der Waals surface area contributed by atoms with Crippen molar-refractivity contribution in [2.45, 2.75) is 13.0 Å². The van der Waals surface area contributed by atoms with Crippen molar-refractivity contribution in [3.8, 4) is 11.8 Å². The number of hydrogen-bond donors (Lipinski definition) is 2. The molecule has 0 bridgehead atoms. The van der Waals surface area contributed by atoms with Crippen LogP contribution in [0.25, 0.3) is 0 Å². The van der Waals surface area contributed by atoms with Crippen LogP contribution in [0.5, 0.6) is 0 Å². The van der Waals surface area contributed by atoms with Crippen molar-refractivity contribution in [3.05, 3.63) is 16.1 Å². The standard InChI is InChI=1S/C8H8N2O2S/c9-7(12)2-1-3-8-10-4-6(5-11)13-8/h4,11H,2,5H2,(H2,9,12). The summed E-state index contributed by atoms with van der Waals surface area (Å²) in [4.78, 5) is 15.0. The van der Waals surface area contributed by atoms with Gasteiger partial charge in [-0.25, -0.2) is 4.98 Å². The Morgan fingerprint density at radius 3 is 3.08 bits per heavy atom.